The first-order chi connectivity index (χ1) is 6.02. The van der Waals surface area contributed by atoms with Gasteiger partial charge in [0.15, 0.2) is 11.0 Å². The number of nitrogens with zero attached hydrogens (tertiary/aromatic N) is 2. The first-order valence-corrected chi connectivity index (χ1v) is 4.66. The third-order valence-corrected chi connectivity index (χ3v) is 2.25. The first kappa shape index (κ1) is 10.3. The van der Waals surface area contributed by atoms with Crippen LogP contribution >= 0.6 is 11.6 Å². The minimum absolute atomic E-state index is 0.355. The average molecular weight is 200 g/mol. The Bertz CT molecular complexity index is 310. The van der Waals surface area contributed by atoms with E-state index in [4.69, 9.17) is 11.6 Å². The van der Waals surface area contributed by atoms with Crippen LogP contribution in [0.3, 0.4) is 0 Å². The van der Waals surface area contributed by atoms with Gasteiger partial charge in [-0.3, -0.25) is 0 Å². The molecular weight excluding hydrogens is 186 g/mol. The molecule has 72 valence electrons. The predicted octanol–water partition coefficient (Wildman–Crippen LogP) is 2.57. The van der Waals surface area contributed by atoms with Crippen molar-refractivity contribution in [2.24, 2.45) is 0 Å². The lowest BCUT2D eigenvalue weighted by Gasteiger charge is -2.12. The zero-order chi connectivity index (χ0) is 10.0. The monoisotopic (exact) mass is 199 g/mol. The highest BCUT2D eigenvalue weighted by atomic mass is 35.5. The Kier molecular flexibility index (Phi) is 3.09. The van der Waals surface area contributed by atoms with Crippen molar-refractivity contribution in [3.63, 3.8) is 0 Å². The van der Waals surface area contributed by atoms with Gasteiger partial charge in [-0.05, 0) is 38.8 Å². The van der Waals surface area contributed by atoms with Gasteiger partial charge in [0.05, 0.1) is 0 Å². The van der Waals surface area contributed by atoms with Gasteiger partial charge in [-0.25, -0.2) is 0 Å². The van der Waals surface area contributed by atoms with Crippen LogP contribution in [-0.4, -0.2) is 16.2 Å². The van der Waals surface area contributed by atoms with Crippen LogP contribution in [0.25, 0.3) is 0 Å². The summed E-state index contributed by atoms with van der Waals surface area (Å²) in [5.74, 6) is 0.817. The molecule has 0 aromatic carbocycles. The van der Waals surface area contributed by atoms with Crippen LogP contribution in [0.5, 0.6) is 0 Å². The topological polar surface area (TPSA) is 37.8 Å². The molecule has 0 aliphatic carbocycles. The molecule has 0 atom stereocenters. The third-order valence-electron chi connectivity index (χ3n) is 1.89. The van der Waals surface area contributed by atoms with Crippen molar-refractivity contribution >= 4 is 17.4 Å². The van der Waals surface area contributed by atoms with E-state index in [1.54, 1.807) is 0 Å². The zero-order valence-corrected chi connectivity index (χ0v) is 9.11. The molecule has 0 fully saturated rings. The quantitative estimate of drug-likeness (QED) is 0.796. The van der Waals surface area contributed by atoms with Crippen LogP contribution in [0.2, 0.25) is 5.15 Å². The molecule has 3 nitrogen and oxygen atoms in total. The van der Waals surface area contributed by atoms with Crippen molar-refractivity contribution in [2.45, 2.75) is 33.7 Å². The largest absolute Gasteiger partial charge is 0.366 e. The molecule has 0 saturated carbocycles. The van der Waals surface area contributed by atoms with E-state index in [-0.39, 0.29) is 0 Å². The summed E-state index contributed by atoms with van der Waals surface area (Å²) >= 11 is 5.82. The molecule has 13 heavy (non-hydrogen) atoms. The zero-order valence-electron chi connectivity index (χ0n) is 8.35. The maximum Gasteiger partial charge on any atom is 0.155 e. The number of anilines is 1. The maximum atomic E-state index is 5.82. The van der Waals surface area contributed by atoms with E-state index in [0.29, 0.717) is 11.2 Å². The number of hydrogen-bond acceptors (Lipinski definition) is 3. The SMILES string of the molecule is Cc1c(Cl)nnc(NC(C)C)c1C. The second-order valence-corrected chi connectivity index (χ2v) is 3.75. The summed E-state index contributed by atoms with van der Waals surface area (Å²) < 4.78 is 0. The lowest BCUT2D eigenvalue weighted by molar-refractivity contribution is 0.865. The average Bonchev–Trinajstić information content (AvgIpc) is 2.06. The van der Waals surface area contributed by atoms with Crippen molar-refractivity contribution in [2.75, 3.05) is 5.32 Å². The summed E-state index contributed by atoms with van der Waals surface area (Å²) in [6.45, 7) is 8.05. The number of halogens is 1. The van der Waals surface area contributed by atoms with E-state index < -0.39 is 0 Å². The minimum Gasteiger partial charge on any atom is -0.366 e. The highest BCUT2D eigenvalue weighted by Crippen LogP contribution is 2.20. The number of rotatable bonds is 2. The lowest BCUT2D eigenvalue weighted by atomic mass is 10.2. The lowest BCUT2D eigenvalue weighted by Crippen LogP contribution is -2.13. The Balaban J connectivity index is 3.04. The molecule has 0 aliphatic heterocycles. The molecular formula is C9H14ClN3. The Morgan fingerprint density at radius 3 is 2.31 bits per heavy atom. The fourth-order valence-corrected chi connectivity index (χ4v) is 1.17. The van der Waals surface area contributed by atoms with Crippen LogP contribution in [-0.2, 0) is 0 Å². The molecule has 0 saturated heterocycles. The summed E-state index contributed by atoms with van der Waals surface area (Å²) in [7, 11) is 0. The van der Waals surface area contributed by atoms with Gasteiger partial charge in [-0.15, -0.1) is 10.2 Å². The van der Waals surface area contributed by atoms with E-state index in [1.165, 1.54) is 0 Å². The highest BCUT2D eigenvalue weighted by molar-refractivity contribution is 6.30. The Hall–Kier alpha value is -0.830. The van der Waals surface area contributed by atoms with Crippen LogP contribution in [0.4, 0.5) is 5.82 Å². The molecule has 4 heteroatoms. The van der Waals surface area contributed by atoms with Crippen LogP contribution in [0.1, 0.15) is 25.0 Å². The maximum absolute atomic E-state index is 5.82. The van der Waals surface area contributed by atoms with Gasteiger partial charge in [0.1, 0.15) is 0 Å². The minimum atomic E-state index is 0.355. The molecule has 1 aromatic rings. The van der Waals surface area contributed by atoms with Crippen molar-refractivity contribution < 1.29 is 0 Å². The van der Waals surface area contributed by atoms with E-state index in [2.05, 4.69) is 29.4 Å². The van der Waals surface area contributed by atoms with Crippen molar-refractivity contribution in [3.05, 3.63) is 16.3 Å². The Morgan fingerprint density at radius 2 is 1.77 bits per heavy atom. The summed E-state index contributed by atoms with van der Waals surface area (Å²) in [6, 6.07) is 0.355. The standard InChI is InChI=1S/C9H14ClN3/c1-5(2)11-9-7(4)6(3)8(10)12-13-9/h5H,1-4H3,(H,11,13). The normalized spacial score (nSPS) is 10.6. The molecule has 0 aliphatic rings. The van der Waals surface area contributed by atoms with Gasteiger partial charge in [0.25, 0.3) is 0 Å². The smallest absolute Gasteiger partial charge is 0.155 e. The predicted molar refractivity (Wildman–Crippen MR) is 55.3 cm³/mol. The van der Waals surface area contributed by atoms with Crippen molar-refractivity contribution in [1.29, 1.82) is 0 Å². The second-order valence-electron chi connectivity index (χ2n) is 3.39. The van der Waals surface area contributed by atoms with E-state index in [0.717, 1.165) is 16.9 Å². The fourth-order valence-electron chi connectivity index (χ4n) is 0.987. The van der Waals surface area contributed by atoms with Gasteiger partial charge < -0.3 is 5.32 Å². The molecule has 0 amide bonds. The summed E-state index contributed by atoms with van der Waals surface area (Å²) in [4.78, 5) is 0. The molecule has 1 rings (SSSR count). The van der Waals surface area contributed by atoms with Crippen LogP contribution < -0.4 is 5.32 Å². The van der Waals surface area contributed by atoms with Crippen LogP contribution in [0.15, 0.2) is 0 Å². The Labute approximate surface area is 83.5 Å². The fraction of sp³-hybridized carbons (Fsp3) is 0.556. The first-order valence-electron chi connectivity index (χ1n) is 4.28. The van der Waals surface area contributed by atoms with Gasteiger partial charge >= 0.3 is 0 Å². The third kappa shape index (κ3) is 2.31. The van der Waals surface area contributed by atoms with Gasteiger partial charge in [0, 0.05) is 6.04 Å². The van der Waals surface area contributed by atoms with Crippen molar-refractivity contribution in [1.82, 2.24) is 10.2 Å². The number of nitrogens with one attached hydrogen (secondary N) is 1. The summed E-state index contributed by atoms with van der Waals surface area (Å²) in [5.41, 5.74) is 2.05. The number of aromatic nitrogens is 2. The van der Waals surface area contributed by atoms with Crippen molar-refractivity contribution in [3.8, 4) is 0 Å². The molecule has 1 heterocycles. The second kappa shape index (κ2) is 3.92. The van der Waals surface area contributed by atoms with E-state index in [1.807, 2.05) is 13.8 Å². The Morgan fingerprint density at radius 1 is 1.15 bits per heavy atom. The summed E-state index contributed by atoms with van der Waals surface area (Å²) in [5, 5.41) is 11.5. The molecule has 0 radical (unpaired) electrons. The molecule has 0 unspecified atom stereocenters. The summed E-state index contributed by atoms with van der Waals surface area (Å²) in [6.07, 6.45) is 0. The molecule has 0 bridgehead atoms. The van der Waals surface area contributed by atoms with Crippen LogP contribution in [0, 0.1) is 13.8 Å². The van der Waals surface area contributed by atoms with E-state index >= 15 is 0 Å². The molecule has 0 spiro atoms. The van der Waals surface area contributed by atoms with Gasteiger partial charge in [-0.2, -0.15) is 0 Å². The molecule has 1 N–H and O–H groups in total. The van der Waals surface area contributed by atoms with E-state index in [9.17, 15) is 0 Å². The highest BCUT2D eigenvalue weighted by Gasteiger charge is 2.07. The van der Waals surface area contributed by atoms with Gasteiger partial charge in [-0.1, -0.05) is 11.6 Å². The number of hydrogen-bond donors (Lipinski definition) is 1. The molecule has 1 aromatic heterocycles. The van der Waals surface area contributed by atoms with Gasteiger partial charge in [0.2, 0.25) is 0 Å².